The molecule has 0 fully saturated rings. The van der Waals surface area contributed by atoms with Crippen LogP contribution in [0.15, 0.2) is 104 Å². The van der Waals surface area contributed by atoms with Crippen LogP contribution in [0.1, 0.15) is 15.9 Å². The highest BCUT2D eigenvalue weighted by Gasteiger charge is 2.15. The van der Waals surface area contributed by atoms with Crippen molar-refractivity contribution >= 4 is 67.7 Å². The zero-order valence-electron chi connectivity index (χ0n) is 18.7. The minimum Gasteiger partial charge on any atom is -0.431 e. The Kier molecular flexibility index (Phi) is 7.11. The van der Waals surface area contributed by atoms with Crippen molar-refractivity contribution in [3.63, 3.8) is 0 Å². The largest absolute Gasteiger partial charge is 0.431 e. The molecule has 1 heterocycles. The number of hydrazone groups is 1. The highest BCUT2D eigenvalue weighted by atomic mass is 79.9. The second-order valence-corrected chi connectivity index (χ2v) is 9.47. The van der Waals surface area contributed by atoms with Crippen molar-refractivity contribution in [2.75, 3.05) is 5.75 Å². The van der Waals surface area contributed by atoms with Gasteiger partial charge in [-0.2, -0.15) is 5.10 Å². The number of aromatic nitrogens is 1. The fourth-order valence-corrected chi connectivity index (χ4v) is 4.53. The summed E-state index contributed by atoms with van der Waals surface area (Å²) in [4.78, 5) is 29.5. The third-order valence-electron chi connectivity index (χ3n) is 5.18. The number of hydrogen-bond donors (Lipinski definition) is 1. The fraction of sp³-hybridized carbons (Fsp3) is 0.0370. The molecule has 0 atom stereocenters. The average Bonchev–Trinajstić information content (AvgIpc) is 3.32. The van der Waals surface area contributed by atoms with Gasteiger partial charge >= 0.3 is 5.97 Å². The van der Waals surface area contributed by atoms with Crippen molar-refractivity contribution in [1.29, 1.82) is 0 Å². The number of esters is 1. The molecule has 0 unspecified atom stereocenters. The third kappa shape index (κ3) is 5.48. The van der Waals surface area contributed by atoms with E-state index in [1.165, 1.54) is 18.0 Å². The predicted molar refractivity (Wildman–Crippen MR) is 144 cm³/mol. The van der Waals surface area contributed by atoms with E-state index in [2.05, 4.69) is 31.4 Å². The molecular formula is C27H18BrN3O4S. The zero-order chi connectivity index (χ0) is 24.9. The minimum atomic E-state index is -0.484. The number of benzene rings is 4. The number of oxazole rings is 1. The predicted octanol–water partition coefficient (Wildman–Crippen LogP) is 6.21. The number of thioether (sulfide) groups is 1. The van der Waals surface area contributed by atoms with Gasteiger partial charge in [-0.25, -0.2) is 15.2 Å². The molecule has 5 rings (SSSR count). The van der Waals surface area contributed by atoms with Crippen LogP contribution in [0.2, 0.25) is 0 Å². The van der Waals surface area contributed by atoms with Gasteiger partial charge < -0.3 is 9.15 Å². The van der Waals surface area contributed by atoms with Crippen LogP contribution in [0.5, 0.6) is 5.75 Å². The Morgan fingerprint density at radius 1 is 1.03 bits per heavy atom. The molecule has 9 heteroatoms. The van der Waals surface area contributed by atoms with E-state index >= 15 is 0 Å². The van der Waals surface area contributed by atoms with Crippen LogP contribution in [-0.2, 0) is 4.79 Å². The summed E-state index contributed by atoms with van der Waals surface area (Å²) in [6, 6.07) is 25.7. The molecule has 1 N–H and O–H groups in total. The Hall–Kier alpha value is -3.95. The summed E-state index contributed by atoms with van der Waals surface area (Å²) in [5.41, 5.74) is 4.86. The number of rotatable bonds is 7. The van der Waals surface area contributed by atoms with Gasteiger partial charge in [0.15, 0.2) is 5.58 Å². The van der Waals surface area contributed by atoms with Crippen LogP contribution in [0.4, 0.5) is 0 Å². The van der Waals surface area contributed by atoms with E-state index in [-0.39, 0.29) is 11.7 Å². The number of nitrogens with zero attached hydrogens (tertiary/aromatic N) is 2. The lowest BCUT2D eigenvalue weighted by atomic mass is 10.0. The summed E-state index contributed by atoms with van der Waals surface area (Å²) < 4.78 is 12.1. The van der Waals surface area contributed by atoms with E-state index in [1.807, 2.05) is 60.7 Å². The van der Waals surface area contributed by atoms with Gasteiger partial charge in [0, 0.05) is 10.0 Å². The SMILES string of the molecule is O=C(CSc1nc2ccccc2o1)N/N=C\c1cc(Br)ccc1OC(=O)c1cccc2ccccc12. The highest BCUT2D eigenvalue weighted by Crippen LogP contribution is 2.25. The van der Waals surface area contributed by atoms with Gasteiger partial charge in [-0.15, -0.1) is 0 Å². The summed E-state index contributed by atoms with van der Waals surface area (Å²) in [7, 11) is 0. The van der Waals surface area contributed by atoms with Gasteiger partial charge in [-0.05, 0) is 47.2 Å². The maximum atomic E-state index is 13.0. The smallest absolute Gasteiger partial charge is 0.344 e. The number of hydrogen-bond acceptors (Lipinski definition) is 7. The molecule has 7 nitrogen and oxygen atoms in total. The summed E-state index contributed by atoms with van der Waals surface area (Å²) in [6.45, 7) is 0. The van der Waals surface area contributed by atoms with E-state index in [4.69, 9.17) is 9.15 Å². The van der Waals surface area contributed by atoms with Crippen molar-refractivity contribution in [2.24, 2.45) is 5.10 Å². The maximum absolute atomic E-state index is 13.0. The van der Waals surface area contributed by atoms with Gasteiger partial charge in [0.1, 0.15) is 11.3 Å². The van der Waals surface area contributed by atoms with E-state index < -0.39 is 5.97 Å². The van der Waals surface area contributed by atoms with Crippen LogP contribution >= 0.6 is 27.7 Å². The third-order valence-corrected chi connectivity index (χ3v) is 6.50. The first kappa shape index (κ1) is 23.8. The Bertz CT molecular complexity index is 1580. The molecule has 0 saturated heterocycles. The van der Waals surface area contributed by atoms with Crippen LogP contribution in [0, 0.1) is 0 Å². The molecule has 0 aliphatic heterocycles. The molecule has 178 valence electrons. The fourth-order valence-electron chi connectivity index (χ4n) is 3.52. The number of fused-ring (bicyclic) bond motifs is 2. The van der Waals surface area contributed by atoms with Gasteiger partial charge in [0.25, 0.3) is 11.1 Å². The molecule has 1 amide bonds. The monoisotopic (exact) mass is 559 g/mol. The van der Waals surface area contributed by atoms with E-state index in [1.54, 1.807) is 24.3 Å². The first-order valence-corrected chi connectivity index (χ1v) is 12.6. The number of nitrogens with one attached hydrogen (secondary N) is 1. The lowest BCUT2D eigenvalue weighted by Gasteiger charge is -2.10. The molecule has 0 saturated carbocycles. The van der Waals surface area contributed by atoms with Crippen molar-refractivity contribution in [3.05, 3.63) is 101 Å². The standard InChI is InChI=1S/C27H18BrN3O4S/c28-19-12-13-23(34-26(33)21-9-5-7-17-6-1-2-8-20(17)21)18(14-19)15-29-31-25(32)16-36-27-30-22-10-3-4-11-24(22)35-27/h1-15H,16H2,(H,31,32)/b29-15-. The lowest BCUT2D eigenvalue weighted by molar-refractivity contribution is -0.118. The second-order valence-electron chi connectivity index (χ2n) is 7.63. The number of carbonyl (C=O) groups excluding carboxylic acids is 2. The topological polar surface area (TPSA) is 93.8 Å². The normalized spacial score (nSPS) is 11.2. The van der Waals surface area contributed by atoms with E-state index in [0.717, 1.165) is 20.8 Å². The van der Waals surface area contributed by atoms with Gasteiger partial charge in [-0.3, -0.25) is 4.79 Å². The average molecular weight is 560 g/mol. The molecule has 1 aromatic heterocycles. The number of amides is 1. The molecule has 0 spiro atoms. The molecule has 5 aromatic rings. The summed E-state index contributed by atoms with van der Waals surface area (Å²) >= 11 is 4.59. The van der Waals surface area contributed by atoms with Crippen molar-refractivity contribution in [2.45, 2.75) is 5.22 Å². The van der Waals surface area contributed by atoms with Gasteiger partial charge in [0.2, 0.25) is 0 Å². The summed E-state index contributed by atoms with van der Waals surface area (Å²) in [5.74, 6) is -0.425. The summed E-state index contributed by atoms with van der Waals surface area (Å²) in [6.07, 6.45) is 1.43. The molecular weight excluding hydrogens is 542 g/mol. The second kappa shape index (κ2) is 10.8. The number of halogens is 1. The highest BCUT2D eigenvalue weighted by molar-refractivity contribution is 9.10. The summed E-state index contributed by atoms with van der Waals surface area (Å²) in [5, 5.41) is 6.19. The van der Waals surface area contributed by atoms with E-state index in [9.17, 15) is 9.59 Å². The van der Waals surface area contributed by atoms with Crippen LogP contribution in [0.3, 0.4) is 0 Å². The van der Waals surface area contributed by atoms with Crippen molar-refractivity contribution in [1.82, 2.24) is 10.4 Å². The number of carbonyl (C=O) groups is 2. The van der Waals surface area contributed by atoms with Crippen molar-refractivity contribution in [3.8, 4) is 5.75 Å². The molecule has 0 aliphatic rings. The Morgan fingerprint density at radius 3 is 2.72 bits per heavy atom. The quantitative estimate of drug-likeness (QED) is 0.0837. The first-order valence-electron chi connectivity index (χ1n) is 10.9. The molecule has 36 heavy (non-hydrogen) atoms. The van der Waals surface area contributed by atoms with Gasteiger partial charge in [-0.1, -0.05) is 76.2 Å². The Labute approximate surface area is 218 Å². The van der Waals surface area contributed by atoms with Crippen molar-refractivity contribution < 1.29 is 18.7 Å². The lowest BCUT2D eigenvalue weighted by Crippen LogP contribution is -2.19. The minimum absolute atomic E-state index is 0.0750. The molecule has 0 bridgehead atoms. The molecule has 0 aliphatic carbocycles. The van der Waals surface area contributed by atoms with Crippen LogP contribution in [-0.4, -0.2) is 28.8 Å². The number of ether oxygens (including phenoxy) is 1. The zero-order valence-corrected chi connectivity index (χ0v) is 21.1. The molecule has 0 radical (unpaired) electrons. The number of para-hydroxylation sites is 2. The van der Waals surface area contributed by atoms with Gasteiger partial charge in [0.05, 0.1) is 17.5 Å². The van der Waals surface area contributed by atoms with Crippen LogP contribution in [0.25, 0.3) is 21.9 Å². The Morgan fingerprint density at radius 2 is 1.83 bits per heavy atom. The Balaban J connectivity index is 1.24. The molecule has 4 aromatic carbocycles. The van der Waals surface area contributed by atoms with Crippen LogP contribution < -0.4 is 10.2 Å². The maximum Gasteiger partial charge on any atom is 0.344 e. The van der Waals surface area contributed by atoms with E-state index in [0.29, 0.717) is 27.7 Å². The first-order chi connectivity index (χ1) is 17.6.